The van der Waals surface area contributed by atoms with Crippen LogP contribution in [0.1, 0.15) is 0 Å². The normalized spacial score (nSPS) is 10.9. The average molecular weight is 335 g/mol. The molecule has 0 bridgehead atoms. The fourth-order valence-corrected chi connectivity index (χ4v) is 1.85. The maximum absolute atomic E-state index is 13.0. The van der Waals surface area contributed by atoms with Crippen molar-refractivity contribution in [2.24, 2.45) is 4.99 Å². The monoisotopic (exact) mass is 335 g/mol. The van der Waals surface area contributed by atoms with E-state index >= 15 is 0 Å². The van der Waals surface area contributed by atoms with E-state index in [1.165, 1.54) is 23.9 Å². The summed E-state index contributed by atoms with van der Waals surface area (Å²) in [6.45, 7) is 0. The van der Waals surface area contributed by atoms with Gasteiger partial charge in [0.15, 0.2) is 11.4 Å². The number of thioether (sulfide) groups is 1. The van der Waals surface area contributed by atoms with Gasteiger partial charge in [0.25, 0.3) is 0 Å². The Morgan fingerprint density at radius 2 is 2.33 bits per heavy atom. The van der Waals surface area contributed by atoms with Crippen LogP contribution < -0.4 is 5.32 Å². The lowest BCUT2D eigenvalue weighted by atomic mass is 10.3. The van der Waals surface area contributed by atoms with Crippen LogP contribution in [0.4, 0.5) is 10.1 Å². The van der Waals surface area contributed by atoms with Crippen molar-refractivity contribution in [3.63, 3.8) is 0 Å². The van der Waals surface area contributed by atoms with Crippen molar-refractivity contribution in [3.05, 3.63) is 27.6 Å². The fraction of sp³-hybridized carbons (Fsp3) is 0.111. The summed E-state index contributed by atoms with van der Waals surface area (Å²) in [5.74, 6) is -0.335. The van der Waals surface area contributed by atoms with E-state index in [9.17, 15) is 4.39 Å². The molecule has 0 unspecified atom stereocenters. The molecule has 0 aliphatic carbocycles. The Bertz CT molecular complexity index is 408. The van der Waals surface area contributed by atoms with Crippen LogP contribution in [0.25, 0.3) is 0 Å². The summed E-state index contributed by atoms with van der Waals surface area (Å²) in [7, 11) is 0. The van der Waals surface area contributed by atoms with Crippen LogP contribution in [0.3, 0.4) is 0 Å². The number of amidine groups is 1. The zero-order valence-corrected chi connectivity index (χ0v) is 10.8. The molecule has 0 atom stereocenters. The van der Waals surface area contributed by atoms with Gasteiger partial charge in [-0.25, -0.2) is 9.38 Å². The first kappa shape index (κ1) is 12.3. The second-order valence-electron chi connectivity index (χ2n) is 2.49. The standard InChI is InChI=1S/C9H7FIN3S/c1-15-9(13-5-12)14-8-3-6(10)2-7(11)4-8/h2-4H,1H3,(H,13,14). The molecule has 0 saturated carbocycles. The van der Waals surface area contributed by atoms with Gasteiger partial charge in [0.05, 0.1) is 5.69 Å². The SMILES string of the molecule is CSC(=Nc1cc(F)cc(I)c1)NC#N. The number of nitrogens with zero attached hydrogens (tertiary/aromatic N) is 2. The number of hydrogen-bond acceptors (Lipinski definition) is 3. The van der Waals surface area contributed by atoms with Gasteiger partial charge in [-0.05, 0) is 47.0 Å². The molecule has 1 rings (SSSR count). The third-order valence-corrected chi connectivity index (χ3v) is 2.64. The summed E-state index contributed by atoms with van der Waals surface area (Å²) in [4.78, 5) is 4.09. The number of benzene rings is 1. The van der Waals surface area contributed by atoms with Crippen LogP contribution in [0.2, 0.25) is 0 Å². The number of rotatable bonds is 1. The molecule has 0 aliphatic rings. The zero-order chi connectivity index (χ0) is 11.3. The zero-order valence-electron chi connectivity index (χ0n) is 7.79. The molecular weight excluding hydrogens is 328 g/mol. The van der Waals surface area contributed by atoms with Crippen molar-refractivity contribution in [3.8, 4) is 6.19 Å². The molecule has 0 aromatic heterocycles. The maximum atomic E-state index is 13.0. The minimum atomic E-state index is -0.335. The van der Waals surface area contributed by atoms with Crippen molar-refractivity contribution >= 4 is 45.2 Å². The minimum absolute atomic E-state index is 0.335. The first-order valence-corrected chi connectivity index (χ1v) is 6.20. The van der Waals surface area contributed by atoms with Gasteiger partial charge in [0, 0.05) is 3.57 Å². The molecule has 0 heterocycles. The van der Waals surface area contributed by atoms with Gasteiger partial charge in [-0.15, -0.1) is 0 Å². The predicted molar refractivity (Wildman–Crippen MR) is 68.5 cm³/mol. The first-order chi connectivity index (χ1) is 7.15. The molecule has 1 aromatic rings. The smallest absolute Gasteiger partial charge is 0.183 e. The van der Waals surface area contributed by atoms with Crippen molar-refractivity contribution in [1.29, 1.82) is 5.26 Å². The molecule has 0 saturated heterocycles. The molecule has 1 N–H and O–H groups in total. The number of halogens is 2. The Morgan fingerprint density at radius 3 is 2.87 bits per heavy atom. The van der Waals surface area contributed by atoms with Crippen LogP contribution >= 0.6 is 34.4 Å². The highest BCUT2D eigenvalue weighted by Gasteiger charge is 2.00. The van der Waals surface area contributed by atoms with Crippen molar-refractivity contribution in [1.82, 2.24) is 5.32 Å². The van der Waals surface area contributed by atoms with Gasteiger partial charge in [-0.3, -0.25) is 5.32 Å². The highest BCUT2D eigenvalue weighted by Crippen LogP contribution is 2.19. The topological polar surface area (TPSA) is 48.2 Å². The molecule has 0 radical (unpaired) electrons. The molecule has 1 aromatic carbocycles. The summed E-state index contributed by atoms with van der Waals surface area (Å²) in [5, 5.41) is 11.3. The minimum Gasteiger partial charge on any atom is -0.271 e. The van der Waals surface area contributed by atoms with E-state index in [-0.39, 0.29) is 5.82 Å². The number of aliphatic imine (C=N–C) groups is 1. The first-order valence-electron chi connectivity index (χ1n) is 3.89. The van der Waals surface area contributed by atoms with Gasteiger partial charge < -0.3 is 0 Å². The lowest BCUT2D eigenvalue weighted by Gasteiger charge is -2.00. The Balaban J connectivity index is 3.01. The van der Waals surface area contributed by atoms with Crippen LogP contribution in [0, 0.1) is 20.8 Å². The van der Waals surface area contributed by atoms with E-state index < -0.39 is 0 Å². The second kappa shape index (κ2) is 5.92. The summed E-state index contributed by atoms with van der Waals surface area (Å²) in [6.07, 6.45) is 3.56. The Labute approximate surface area is 105 Å². The van der Waals surface area contributed by atoms with Crippen LogP contribution in [-0.2, 0) is 0 Å². The predicted octanol–water partition coefficient (Wildman–Crippen LogP) is 2.85. The Kier molecular flexibility index (Phi) is 4.84. The molecule has 6 heteroatoms. The molecule has 0 fully saturated rings. The quantitative estimate of drug-likeness (QED) is 0.282. The molecule has 78 valence electrons. The largest absolute Gasteiger partial charge is 0.271 e. The van der Waals surface area contributed by atoms with E-state index in [1.807, 2.05) is 22.6 Å². The van der Waals surface area contributed by atoms with Crippen molar-refractivity contribution < 1.29 is 4.39 Å². The Hall–Kier alpha value is -0.810. The Morgan fingerprint density at radius 1 is 1.60 bits per heavy atom. The fourth-order valence-electron chi connectivity index (χ4n) is 0.894. The summed E-state index contributed by atoms with van der Waals surface area (Å²) in [5.41, 5.74) is 0.492. The number of nitrogens with one attached hydrogen (secondary N) is 1. The van der Waals surface area contributed by atoms with E-state index in [0.29, 0.717) is 10.9 Å². The molecule has 15 heavy (non-hydrogen) atoms. The maximum Gasteiger partial charge on any atom is 0.183 e. The van der Waals surface area contributed by atoms with Crippen LogP contribution in [0.5, 0.6) is 0 Å². The molecule has 0 amide bonds. The number of nitriles is 1. The van der Waals surface area contributed by atoms with Gasteiger partial charge in [0.2, 0.25) is 0 Å². The lowest BCUT2D eigenvalue weighted by molar-refractivity contribution is 0.627. The van der Waals surface area contributed by atoms with E-state index in [0.717, 1.165) is 3.57 Å². The van der Waals surface area contributed by atoms with Gasteiger partial charge in [-0.1, -0.05) is 11.8 Å². The molecule has 0 spiro atoms. The molecule has 3 nitrogen and oxygen atoms in total. The molecular formula is C9H7FIN3S. The van der Waals surface area contributed by atoms with Crippen LogP contribution in [0.15, 0.2) is 23.2 Å². The van der Waals surface area contributed by atoms with Crippen LogP contribution in [-0.4, -0.2) is 11.4 Å². The third-order valence-electron chi connectivity index (χ3n) is 1.43. The van der Waals surface area contributed by atoms with Gasteiger partial charge in [0.1, 0.15) is 5.82 Å². The number of hydrogen-bond donors (Lipinski definition) is 1. The third kappa shape index (κ3) is 4.05. The highest BCUT2D eigenvalue weighted by molar-refractivity contribution is 14.1. The van der Waals surface area contributed by atoms with Gasteiger partial charge >= 0.3 is 0 Å². The second-order valence-corrected chi connectivity index (χ2v) is 4.53. The van der Waals surface area contributed by atoms with E-state index in [1.54, 1.807) is 18.5 Å². The van der Waals surface area contributed by atoms with Crippen molar-refractivity contribution in [2.75, 3.05) is 6.26 Å². The summed E-state index contributed by atoms with van der Waals surface area (Å²) in [6, 6.07) is 4.46. The lowest BCUT2D eigenvalue weighted by Crippen LogP contribution is -2.12. The van der Waals surface area contributed by atoms with Crippen molar-refractivity contribution in [2.45, 2.75) is 0 Å². The van der Waals surface area contributed by atoms with E-state index in [4.69, 9.17) is 5.26 Å². The molecule has 0 aliphatic heterocycles. The summed E-state index contributed by atoms with van der Waals surface area (Å²) >= 11 is 3.30. The summed E-state index contributed by atoms with van der Waals surface area (Å²) < 4.78 is 13.8. The average Bonchev–Trinajstić information content (AvgIpc) is 2.15. The van der Waals surface area contributed by atoms with Gasteiger partial charge in [-0.2, -0.15) is 5.26 Å². The van der Waals surface area contributed by atoms with E-state index in [2.05, 4.69) is 10.3 Å². The highest BCUT2D eigenvalue weighted by atomic mass is 127.